The number of hydrogen-bond acceptors (Lipinski definition) is 1. The summed E-state index contributed by atoms with van der Waals surface area (Å²) in [4.78, 5) is 11.9. The van der Waals surface area contributed by atoms with E-state index in [4.69, 9.17) is 0 Å². The highest BCUT2D eigenvalue weighted by Gasteiger charge is 2.09. The zero-order chi connectivity index (χ0) is 15.8. The summed E-state index contributed by atoms with van der Waals surface area (Å²) >= 11 is 0. The van der Waals surface area contributed by atoms with Gasteiger partial charge < -0.3 is 5.32 Å². The van der Waals surface area contributed by atoms with Crippen molar-refractivity contribution < 1.29 is 9.18 Å². The van der Waals surface area contributed by atoms with Crippen LogP contribution in [0, 0.1) is 5.82 Å². The number of halogens is 1. The minimum absolute atomic E-state index is 0.0242. The molecule has 0 aliphatic heterocycles. The molecule has 0 fully saturated rings. The van der Waals surface area contributed by atoms with Crippen LogP contribution in [0.25, 0.3) is 0 Å². The minimum atomic E-state index is -0.243. The fourth-order valence-electron chi connectivity index (χ4n) is 2.40. The molecular formula is C19H22FNO. The second-order valence-electron chi connectivity index (χ2n) is 5.58. The van der Waals surface area contributed by atoms with E-state index >= 15 is 0 Å². The molecule has 3 heteroatoms. The summed E-state index contributed by atoms with van der Waals surface area (Å²) in [6.07, 6.45) is 2.59. The Hall–Kier alpha value is -2.16. The van der Waals surface area contributed by atoms with Gasteiger partial charge in [0, 0.05) is 12.5 Å². The molecule has 0 saturated heterocycles. The Morgan fingerprint density at radius 2 is 1.73 bits per heavy atom. The van der Waals surface area contributed by atoms with Gasteiger partial charge >= 0.3 is 0 Å². The third-order valence-electron chi connectivity index (χ3n) is 3.70. The average Bonchev–Trinajstić information content (AvgIpc) is 2.53. The maximum atomic E-state index is 13.5. The topological polar surface area (TPSA) is 29.1 Å². The van der Waals surface area contributed by atoms with Gasteiger partial charge in [-0.1, -0.05) is 48.5 Å². The predicted molar refractivity (Wildman–Crippen MR) is 87.1 cm³/mol. The molecule has 0 spiro atoms. The van der Waals surface area contributed by atoms with E-state index in [1.165, 1.54) is 11.6 Å². The Morgan fingerprint density at radius 1 is 1.05 bits per heavy atom. The van der Waals surface area contributed by atoms with Crippen LogP contribution >= 0.6 is 0 Å². The van der Waals surface area contributed by atoms with Crippen molar-refractivity contribution in [3.05, 3.63) is 71.5 Å². The van der Waals surface area contributed by atoms with E-state index < -0.39 is 0 Å². The molecule has 0 radical (unpaired) electrons. The molecule has 2 aromatic rings. The van der Waals surface area contributed by atoms with E-state index in [1.807, 2.05) is 25.1 Å². The Labute approximate surface area is 131 Å². The molecule has 0 aromatic heterocycles. The first-order valence-corrected chi connectivity index (χ1v) is 7.72. The Kier molecular flexibility index (Phi) is 6.13. The van der Waals surface area contributed by atoms with E-state index in [9.17, 15) is 9.18 Å². The second-order valence-corrected chi connectivity index (χ2v) is 5.58. The lowest BCUT2D eigenvalue weighted by Gasteiger charge is -2.14. The fraction of sp³-hybridized carbons (Fsp3) is 0.316. The standard InChI is InChI=1S/C19H22FNO/c1-15(11-12-16-7-3-2-4-8-16)21-19(22)14-13-17-9-5-6-10-18(17)20/h2-10,15H,11-14H2,1H3,(H,21,22)/t15-/m1/s1. The number of carbonyl (C=O) groups excluding carboxylic acids is 1. The largest absolute Gasteiger partial charge is 0.354 e. The van der Waals surface area contributed by atoms with Gasteiger partial charge in [0.25, 0.3) is 0 Å². The van der Waals surface area contributed by atoms with Crippen molar-refractivity contribution in [2.45, 2.75) is 38.6 Å². The van der Waals surface area contributed by atoms with Crippen molar-refractivity contribution >= 4 is 5.91 Å². The van der Waals surface area contributed by atoms with Gasteiger partial charge in [0.1, 0.15) is 5.82 Å². The molecule has 0 bridgehead atoms. The van der Waals surface area contributed by atoms with Crippen LogP contribution in [0.15, 0.2) is 54.6 Å². The number of hydrogen-bond donors (Lipinski definition) is 1. The maximum absolute atomic E-state index is 13.5. The zero-order valence-corrected chi connectivity index (χ0v) is 12.9. The number of nitrogens with one attached hydrogen (secondary N) is 1. The van der Waals surface area contributed by atoms with Gasteiger partial charge in [-0.25, -0.2) is 4.39 Å². The number of rotatable bonds is 7. The number of amides is 1. The van der Waals surface area contributed by atoms with Gasteiger partial charge in [-0.3, -0.25) is 4.79 Å². The third-order valence-corrected chi connectivity index (χ3v) is 3.70. The minimum Gasteiger partial charge on any atom is -0.354 e. The molecule has 2 rings (SSSR count). The highest BCUT2D eigenvalue weighted by atomic mass is 19.1. The fourth-order valence-corrected chi connectivity index (χ4v) is 2.40. The van der Waals surface area contributed by atoms with Crippen molar-refractivity contribution in [2.24, 2.45) is 0 Å². The van der Waals surface area contributed by atoms with Crippen LogP contribution in [0.2, 0.25) is 0 Å². The summed E-state index contributed by atoms with van der Waals surface area (Å²) in [7, 11) is 0. The molecule has 0 aliphatic carbocycles. The van der Waals surface area contributed by atoms with Crippen LogP contribution in [0.4, 0.5) is 4.39 Å². The first-order chi connectivity index (χ1) is 10.6. The number of carbonyl (C=O) groups is 1. The summed E-state index contributed by atoms with van der Waals surface area (Å²) in [5.74, 6) is -0.267. The Balaban J connectivity index is 1.71. The first-order valence-electron chi connectivity index (χ1n) is 7.72. The van der Waals surface area contributed by atoms with Gasteiger partial charge in [0.2, 0.25) is 5.91 Å². The molecular weight excluding hydrogens is 277 g/mol. The average molecular weight is 299 g/mol. The van der Waals surface area contributed by atoms with Crippen LogP contribution < -0.4 is 5.32 Å². The van der Waals surface area contributed by atoms with Gasteiger partial charge in [-0.15, -0.1) is 0 Å². The first kappa shape index (κ1) is 16.2. The maximum Gasteiger partial charge on any atom is 0.220 e. The molecule has 0 heterocycles. The van der Waals surface area contributed by atoms with E-state index in [1.54, 1.807) is 18.2 Å². The third kappa shape index (κ3) is 5.32. The van der Waals surface area contributed by atoms with Crippen LogP contribution in [0.5, 0.6) is 0 Å². The summed E-state index contributed by atoms with van der Waals surface area (Å²) in [6.45, 7) is 2.00. The number of aryl methyl sites for hydroxylation is 2. The van der Waals surface area contributed by atoms with Crippen molar-refractivity contribution in [1.29, 1.82) is 0 Å². The highest BCUT2D eigenvalue weighted by molar-refractivity contribution is 5.76. The van der Waals surface area contributed by atoms with Crippen molar-refractivity contribution in [3.63, 3.8) is 0 Å². The molecule has 22 heavy (non-hydrogen) atoms. The summed E-state index contributed by atoms with van der Waals surface area (Å²) in [5, 5.41) is 2.98. The van der Waals surface area contributed by atoms with Crippen molar-refractivity contribution in [2.75, 3.05) is 0 Å². The lowest BCUT2D eigenvalue weighted by atomic mass is 10.1. The molecule has 1 N–H and O–H groups in total. The lowest BCUT2D eigenvalue weighted by Crippen LogP contribution is -2.33. The van der Waals surface area contributed by atoms with Gasteiger partial charge in [0.05, 0.1) is 0 Å². The van der Waals surface area contributed by atoms with Crippen LogP contribution in [-0.2, 0) is 17.6 Å². The van der Waals surface area contributed by atoms with E-state index in [-0.39, 0.29) is 17.8 Å². The van der Waals surface area contributed by atoms with Gasteiger partial charge in [0.15, 0.2) is 0 Å². The van der Waals surface area contributed by atoms with Gasteiger partial charge in [-0.2, -0.15) is 0 Å². The predicted octanol–water partition coefficient (Wildman–Crippen LogP) is 3.90. The van der Waals surface area contributed by atoms with Gasteiger partial charge in [-0.05, 0) is 43.4 Å². The Morgan fingerprint density at radius 3 is 2.45 bits per heavy atom. The zero-order valence-electron chi connectivity index (χ0n) is 12.9. The van der Waals surface area contributed by atoms with E-state index in [0.29, 0.717) is 18.4 Å². The van der Waals surface area contributed by atoms with E-state index in [0.717, 1.165) is 12.8 Å². The molecule has 116 valence electrons. The molecule has 1 amide bonds. The van der Waals surface area contributed by atoms with Crippen LogP contribution in [0.3, 0.4) is 0 Å². The van der Waals surface area contributed by atoms with Crippen molar-refractivity contribution in [1.82, 2.24) is 5.32 Å². The molecule has 0 unspecified atom stereocenters. The summed E-state index contributed by atoms with van der Waals surface area (Å²) in [6, 6.07) is 16.9. The lowest BCUT2D eigenvalue weighted by molar-refractivity contribution is -0.121. The quantitative estimate of drug-likeness (QED) is 0.825. The number of benzene rings is 2. The summed E-state index contributed by atoms with van der Waals surface area (Å²) in [5.41, 5.74) is 1.87. The van der Waals surface area contributed by atoms with Crippen molar-refractivity contribution in [3.8, 4) is 0 Å². The molecule has 2 nitrogen and oxygen atoms in total. The highest BCUT2D eigenvalue weighted by Crippen LogP contribution is 2.09. The SMILES string of the molecule is C[C@H](CCc1ccccc1)NC(=O)CCc1ccccc1F. The molecule has 0 saturated carbocycles. The monoisotopic (exact) mass is 299 g/mol. The van der Waals surface area contributed by atoms with Crippen LogP contribution in [-0.4, -0.2) is 11.9 Å². The Bertz CT molecular complexity index is 597. The summed E-state index contributed by atoms with van der Waals surface area (Å²) < 4.78 is 13.5. The van der Waals surface area contributed by atoms with E-state index in [2.05, 4.69) is 17.4 Å². The van der Waals surface area contributed by atoms with Crippen LogP contribution in [0.1, 0.15) is 30.9 Å². The molecule has 2 aromatic carbocycles. The smallest absolute Gasteiger partial charge is 0.220 e. The normalized spacial score (nSPS) is 11.9. The molecule has 0 aliphatic rings. The molecule has 1 atom stereocenters. The second kappa shape index (κ2) is 8.32.